The molecule has 0 heterocycles. The maximum Gasteiger partial charge on any atom is 0.310 e. The van der Waals surface area contributed by atoms with Crippen LogP contribution in [0, 0.1) is 0 Å². The number of rotatable bonds is 61. The topological polar surface area (TPSA) is 78.9 Å². The molecule has 6 nitrogen and oxygen atoms in total. The number of carbonyl (C=O) groups is 3. The van der Waals surface area contributed by atoms with E-state index >= 15 is 0 Å². The Kier molecular flexibility index (Phi) is 65.3. The minimum atomic E-state index is -0.838. The van der Waals surface area contributed by atoms with E-state index in [4.69, 9.17) is 14.2 Å². The highest BCUT2D eigenvalue weighted by atomic mass is 16.6. The molecule has 1 unspecified atom stereocenters. The van der Waals surface area contributed by atoms with Crippen LogP contribution < -0.4 is 0 Å². The standard InChI is InChI=1S/C76H126O6/c1-4-7-10-13-16-19-22-25-28-29-30-31-32-33-34-35-36-37-38-39-40-41-42-43-44-45-46-47-49-51-54-57-60-63-66-69-75(78)81-72-73(71-80-74(77)68-65-62-59-56-53-50-27-24-21-18-15-12-9-6-3)82-76(79)70-67-64-61-58-55-52-48-26-23-20-17-14-11-8-5-2/h7-8,10-11,16-17,19-20,24-28,30-31,33-34,48,55,58,64,67,73H,4-6,9,12-15,18,21-23,29,32,35-47,49-54,56-57,59-63,65-66,68-72H2,1-3H3/b10-7-,11-8-,19-16-,20-17-,27-24-,28-25-,31-30-,34-33-,48-26-,58-55-,67-64-. The van der Waals surface area contributed by atoms with Crippen molar-refractivity contribution in [1.82, 2.24) is 0 Å². The maximum atomic E-state index is 12.8. The maximum absolute atomic E-state index is 12.8. The second-order valence-electron chi connectivity index (χ2n) is 22.3. The number of esters is 3. The van der Waals surface area contributed by atoms with Crippen molar-refractivity contribution < 1.29 is 28.6 Å². The number of carbonyl (C=O) groups excluding carboxylic acids is 3. The van der Waals surface area contributed by atoms with Gasteiger partial charge in [0.2, 0.25) is 0 Å². The molecule has 0 saturated heterocycles. The zero-order chi connectivity index (χ0) is 59.2. The Morgan fingerprint density at radius 1 is 0.268 bits per heavy atom. The molecule has 0 aromatic heterocycles. The fourth-order valence-electron chi connectivity index (χ4n) is 9.37. The first-order valence-electron chi connectivity index (χ1n) is 34.2. The first-order valence-corrected chi connectivity index (χ1v) is 34.2. The van der Waals surface area contributed by atoms with Crippen molar-refractivity contribution in [3.63, 3.8) is 0 Å². The van der Waals surface area contributed by atoms with Gasteiger partial charge in [-0.15, -0.1) is 0 Å². The average Bonchev–Trinajstić information content (AvgIpc) is 3.48. The fraction of sp³-hybridized carbons (Fsp3) is 0.671. The van der Waals surface area contributed by atoms with Crippen LogP contribution in [0.25, 0.3) is 0 Å². The van der Waals surface area contributed by atoms with E-state index in [9.17, 15) is 14.4 Å². The van der Waals surface area contributed by atoms with Gasteiger partial charge in [0, 0.05) is 12.8 Å². The van der Waals surface area contributed by atoms with E-state index in [1.54, 1.807) is 6.08 Å². The molecule has 0 radical (unpaired) electrons. The van der Waals surface area contributed by atoms with Crippen molar-refractivity contribution in [2.24, 2.45) is 0 Å². The van der Waals surface area contributed by atoms with Crippen molar-refractivity contribution in [2.75, 3.05) is 13.2 Å². The SMILES string of the molecule is CC/C=C\C/C=C\C/C=C\C/C=C\C/C=C\CCCCCCCCCCCCCCCCCCCCCC(=O)OCC(COC(=O)CCCCCCC/C=C\CCCCCCC)OC(=O)C/C=C\C/C=C\C/C=C\C/C=C\C/C=C\CC. The summed E-state index contributed by atoms with van der Waals surface area (Å²) >= 11 is 0. The molecule has 0 aliphatic heterocycles. The van der Waals surface area contributed by atoms with Crippen molar-refractivity contribution in [1.29, 1.82) is 0 Å². The summed E-state index contributed by atoms with van der Waals surface area (Å²) in [5, 5.41) is 0. The second kappa shape index (κ2) is 69.0. The summed E-state index contributed by atoms with van der Waals surface area (Å²) in [5.41, 5.74) is 0. The van der Waals surface area contributed by atoms with Crippen LogP contribution in [-0.2, 0) is 28.6 Å². The van der Waals surface area contributed by atoms with Crippen molar-refractivity contribution in [3.05, 3.63) is 134 Å². The fourth-order valence-corrected chi connectivity index (χ4v) is 9.37. The molecular weight excluding hydrogens is 1010 g/mol. The van der Waals surface area contributed by atoms with Gasteiger partial charge in [0.1, 0.15) is 13.2 Å². The van der Waals surface area contributed by atoms with Gasteiger partial charge in [-0.3, -0.25) is 14.4 Å². The van der Waals surface area contributed by atoms with Gasteiger partial charge in [0.25, 0.3) is 0 Å². The van der Waals surface area contributed by atoms with Crippen molar-refractivity contribution in [2.45, 2.75) is 316 Å². The molecule has 0 N–H and O–H groups in total. The normalized spacial score (nSPS) is 13.0. The lowest BCUT2D eigenvalue weighted by molar-refractivity contribution is -0.166. The molecule has 0 fully saturated rings. The van der Waals surface area contributed by atoms with Gasteiger partial charge in [-0.25, -0.2) is 0 Å². The molecule has 0 spiro atoms. The third kappa shape index (κ3) is 66.4. The molecule has 466 valence electrons. The minimum Gasteiger partial charge on any atom is -0.462 e. The van der Waals surface area contributed by atoms with E-state index in [2.05, 4.69) is 142 Å². The van der Waals surface area contributed by atoms with Crippen molar-refractivity contribution in [3.8, 4) is 0 Å². The zero-order valence-corrected chi connectivity index (χ0v) is 53.5. The highest BCUT2D eigenvalue weighted by Gasteiger charge is 2.19. The first kappa shape index (κ1) is 77.5. The molecule has 0 aliphatic rings. The van der Waals surface area contributed by atoms with Gasteiger partial charge in [-0.2, -0.15) is 0 Å². The Bertz CT molecular complexity index is 1730. The van der Waals surface area contributed by atoms with Gasteiger partial charge in [0.15, 0.2) is 6.10 Å². The number of unbranched alkanes of at least 4 members (excludes halogenated alkanes) is 29. The summed E-state index contributed by atoms with van der Waals surface area (Å²) in [5.74, 6) is -1.05. The smallest absolute Gasteiger partial charge is 0.310 e. The molecule has 1 atom stereocenters. The average molecular weight is 1140 g/mol. The van der Waals surface area contributed by atoms with Crippen LogP contribution in [0.2, 0.25) is 0 Å². The third-order valence-electron chi connectivity index (χ3n) is 14.4. The second-order valence-corrected chi connectivity index (χ2v) is 22.3. The van der Waals surface area contributed by atoms with Gasteiger partial charge < -0.3 is 14.2 Å². The summed E-state index contributed by atoms with van der Waals surface area (Å²) in [6, 6.07) is 0. The lowest BCUT2D eigenvalue weighted by Crippen LogP contribution is -2.30. The molecule has 6 heteroatoms. The lowest BCUT2D eigenvalue weighted by Gasteiger charge is -2.18. The molecule has 0 aromatic carbocycles. The van der Waals surface area contributed by atoms with Crippen LogP contribution in [0.3, 0.4) is 0 Å². The summed E-state index contributed by atoms with van der Waals surface area (Å²) in [7, 11) is 0. The zero-order valence-electron chi connectivity index (χ0n) is 53.5. The van der Waals surface area contributed by atoms with E-state index in [1.165, 1.54) is 154 Å². The Morgan fingerprint density at radius 2 is 0.512 bits per heavy atom. The van der Waals surface area contributed by atoms with Crippen LogP contribution in [-0.4, -0.2) is 37.2 Å². The highest BCUT2D eigenvalue weighted by molar-refractivity contribution is 5.72. The summed E-state index contributed by atoms with van der Waals surface area (Å²) < 4.78 is 16.8. The predicted molar refractivity (Wildman–Crippen MR) is 357 cm³/mol. The van der Waals surface area contributed by atoms with Crippen LogP contribution in [0.5, 0.6) is 0 Å². The lowest BCUT2D eigenvalue weighted by atomic mass is 10.0. The molecular formula is C76H126O6. The Morgan fingerprint density at radius 3 is 0.817 bits per heavy atom. The molecule has 0 amide bonds. The van der Waals surface area contributed by atoms with E-state index in [1.807, 2.05) is 6.08 Å². The van der Waals surface area contributed by atoms with E-state index in [0.717, 1.165) is 116 Å². The third-order valence-corrected chi connectivity index (χ3v) is 14.4. The summed E-state index contributed by atoms with van der Waals surface area (Å²) in [4.78, 5) is 38.2. The van der Waals surface area contributed by atoms with Gasteiger partial charge in [-0.1, -0.05) is 309 Å². The Hall–Kier alpha value is -4.45. The van der Waals surface area contributed by atoms with Gasteiger partial charge in [-0.05, 0) is 116 Å². The summed E-state index contributed by atoms with van der Waals surface area (Å²) in [6.45, 7) is 6.33. The van der Waals surface area contributed by atoms with Gasteiger partial charge >= 0.3 is 17.9 Å². The molecule has 82 heavy (non-hydrogen) atoms. The van der Waals surface area contributed by atoms with E-state index in [0.29, 0.717) is 12.8 Å². The Balaban J connectivity index is 4.20. The van der Waals surface area contributed by atoms with Crippen LogP contribution in [0.1, 0.15) is 310 Å². The molecule has 0 aromatic rings. The first-order chi connectivity index (χ1) is 40.5. The van der Waals surface area contributed by atoms with Crippen LogP contribution in [0.4, 0.5) is 0 Å². The largest absolute Gasteiger partial charge is 0.462 e. The van der Waals surface area contributed by atoms with E-state index < -0.39 is 12.1 Å². The Labute approximate surface area is 506 Å². The highest BCUT2D eigenvalue weighted by Crippen LogP contribution is 2.17. The van der Waals surface area contributed by atoms with E-state index in [-0.39, 0.29) is 31.6 Å². The molecule has 0 saturated carbocycles. The van der Waals surface area contributed by atoms with Gasteiger partial charge in [0.05, 0.1) is 6.42 Å². The predicted octanol–water partition coefficient (Wildman–Crippen LogP) is 23.7. The number of hydrogen-bond acceptors (Lipinski definition) is 6. The summed E-state index contributed by atoms with van der Waals surface area (Å²) in [6.07, 6.45) is 98.0. The molecule has 0 rings (SSSR count). The molecule has 0 bridgehead atoms. The van der Waals surface area contributed by atoms with Crippen LogP contribution >= 0.6 is 0 Å². The number of hydrogen-bond donors (Lipinski definition) is 0. The molecule has 0 aliphatic carbocycles. The van der Waals surface area contributed by atoms with Crippen LogP contribution in [0.15, 0.2) is 134 Å². The quantitative estimate of drug-likeness (QED) is 0.0261. The van der Waals surface area contributed by atoms with Crippen molar-refractivity contribution >= 4 is 17.9 Å². The number of allylic oxidation sites excluding steroid dienone is 21. The minimum absolute atomic E-state index is 0.0936. The number of ether oxygens (including phenoxy) is 3. The monoisotopic (exact) mass is 1130 g/mol.